The zero-order valence-corrected chi connectivity index (χ0v) is 10.1. The number of piperidine rings is 1. The summed E-state index contributed by atoms with van der Waals surface area (Å²) in [4.78, 5) is 2.49. The molecular weight excluding hydrogens is 202 g/mol. The molecule has 2 aliphatic rings. The van der Waals surface area contributed by atoms with Crippen LogP contribution >= 0.6 is 0 Å². The molecule has 1 saturated heterocycles. The van der Waals surface area contributed by atoms with Crippen molar-refractivity contribution in [2.45, 2.75) is 69.6 Å². The number of aliphatic hydroxyl groups is 2. The third-order valence-electron chi connectivity index (χ3n) is 4.13. The molecule has 0 radical (unpaired) electrons. The molecule has 0 spiro atoms. The van der Waals surface area contributed by atoms with E-state index >= 15 is 0 Å². The molecule has 2 fully saturated rings. The third kappa shape index (κ3) is 3.44. The van der Waals surface area contributed by atoms with Gasteiger partial charge in [0.1, 0.15) is 0 Å². The van der Waals surface area contributed by atoms with Crippen molar-refractivity contribution in [1.82, 2.24) is 4.90 Å². The van der Waals surface area contributed by atoms with Gasteiger partial charge < -0.3 is 15.1 Å². The van der Waals surface area contributed by atoms with Gasteiger partial charge in [0.25, 0.3) is 0 Å². The van der Waals surface area contributed by atoms with Gasteiger partial charge in [-0.05, 0) is 32.1 Å². The summed E-state index contributed by atoms with van der Waals surface area (Å²) in [7, 11) is 0. The molecule has 0 bridgehead atoms. The summed E-state index contributed by atoms with van der Waals surface area (Å²) in [5, 5.41) is 19.4. The SMILES string of the molecule is OC1CCN(C2CCCCCC(O)C2)CC1. The van der Waals surface area contributed by atoms with E-state index in [2.05, 4.69) is 4.90 Å². The monoisotopic (exact) mass is 227 g/mol. The molecule has 16 heavy (non-hydrogen) atoms. The van der Waals surface area contributed by atoms with Crippen molar-refractivity contribution in [2.75, 3.05) is 13.1 Å². The maximum atomic E-state index is 9.89. The van der Waals surface area contributed by atoms with Gasteiger partial charge in [-0.15, -0.1) is 0 Å². The van der Waals surface area contributed by atoms with Crippen LogP contribution in [0.1, 0.15) is 51.4 Å². The Hall–Kier alpha value is -0.120. The van der Waals surface area contributed by atoms with Crippen LogP contribution in [-0.2, 0) is 0 Å². The third-order valence-corrected chi connectivity index (χ3v) is 4.13. The molecule has 2 atom stereocenters. The van der Waals surface area contributed by atoms with Gasteiger partial charge in [0.2, 0.25) is 0 Å². The van der Waals surface area contributed by atoms with Crippen LogP contribution in [0.5, 0.6) is 0 Å². The molecule has 0 amide bonds. The standard InChI is InChI=1S/C13H25NO2/c15-12-6-8-14(9-7-12)11-4-2-1-3-5-13(16)10-11/h11-13,15-16H,1-10H2. The van der Waals surface area contributed by atoms with Crippen molar-refractivity contribution in [3.63, 3.8) is 0 Å². The van der Waals surface area contributed by atoms with Crippen LogP contribution in [0.2, 0.25) is 0 Å². The van der Waals surface area contributed by atoms with E-state index in [9.17, 15) is 10.2 Å². The number of nitrogens with zero attached hydrogens (tertiary/aromatic N) is 1. The Bertz CT molecular complexity index is 202. The first-order valence-corrected chi connectivity index (χ1v) is 6.86. The topological polar surface area (TPSA) is 43.7 Å². The summed E-state index contributed by atoms with van der Waals surface area (Å²) in [6.07, 6.45) is 8.54. The number of rotatable bonds is 1. The molecule has 3 nitrogen and oxygen atoms in total. The second-order valence-corrected chi connectivity index (χ2v) is 5.45. The minimum atomic E-state index is -0.0999. The largest absolute Gasteiger partial charge is 0.393 e. The molecule has 94 valence electrons. The van der Waals surface area contributed by atoms with Gasteiger partial charge in [0.05, 0.1) is 12.2 Å². The Morgan fingerprint density at radius 3 is 2.19 bits per heavy atom. The lowest BCUT2D eigenvalue weighted by Crippen LogP contribution is -2.44. The molecule has 0 aromatic rings. The summed E-state index contributed by atoms with van der Waals surface area (Å²) in [5.41, 5.74) is 0. The van der Waals surface area contributed by atoms with Gasteiger partial charge in [0.15, 0.2) is 0 Å². The van der Waals surface area contributed by atoms with E-state index in [0.717, 1.165) is 38.8 Å². The van der Waals surface area contributed by atoms with Crippen LogP contribution in [0.4, 0.5) is 0 Å². The highest BCUT2D eigenvalue weighted by Gasteiger charge is 2.26. The van der Waals surface area contributed by atoms with E-state index < -0.39 is 0 Å². The molecule has 1 saturated carbocycles. The molecule has 0 aromatic carbocycles. The van der Waals surface area contributed by atoms with Gasteiger partial charge in [0, 0.05) is 19.1 Å². The molecule has 2 rings (SSSR count). The predicted octanol–water partition coefficient (Wildman–Crippen LogP) is 1.53. The van der Waals surface area contributed by atoms with Gasteiger partial charge >= 0.3 is 0 Å². The Labute approximate surface area is 98.5 Å². The number of hydrogen-bond acceptors (Lipinski definition) is 3. The molecule has 3 heteroatoms. The second-order valence-electron chi connectivity index (χ2n) is 5.45. The summed E-state index contributed by atoms with van der Waals surface area (Å²) in [6, 6.07) is 0.558. The van der Waals surface area contributed by atoms with E-state index in [1.165, 1.54) is 25.7 Å². The maximum absolute atomic E-state index is 9.89. The highest BCUT2D eigenvalue weighted by atomic mass is 16.3. The first-order valence-electron chi connectivity index (χ1n) is 6.86. The van der Waals surface area contributed by atoms with E-state index in [1.807, 2.05) is 0 Å². The van der Waals surface area contributed by atoms with Crippen LogP contribution in [-0.4, -0.2) is 46.5 Å². The maximum Gasteiger partial charge on any atom is 0.0564 e. The van der Waals surface area contributed by atoms with Gasteiger partial charge in [-0.2, -0.15) is 0 Å². The van der Waals surface area contributed by atoms with Crippen molar-refractivity contribution in [2.24, 2.45) is 0 Å². The first kappa shape index (κ1) is 12.3. The summed E-state index contributed by atoms with van der Waals surface area (Å²) in [5.74, 6) is 0. The molecule has 1 aliphatic carbocycles. The Kier molecular flexibility index (Phi) is 4.62. The molecule has 1 aliphatic heterocycles. The van der Waals surface area contributed by atoms with Crippen LogP contribution < -0.4 is 0 Å². The summed E-state index contributed by atoms with van der Waals surface area (Å²) < 4.78 is 0. The molecular formula is C13H25NO2. The van der Waals surface area contributed by atoms with Crippen molar-refractivity contribution in [1.29, 1.82) is 0 Å². The van der Waals surface area contributed by atoms with Crippen molar-refractivity contribution >= 4 is 0 Å². The van der Waals surface area contributed by atoms with Crippen LogP contribution in [0.25, 0.3) is 0 Å². The van der Waals surface area contributed by atoms with Crippen molar-refractivity contribution in [3.8, 4) is 0 Å². The number of likely N-dealkylation sites (tertiary alicyclic amines) is 1. The smallest absolute Gasteiger partial charge is 0.0564 e. The van der Waals surface area contributed by atoms with Gasteiger partial charge in [-0.3, -0.25) is 0 Å². The summed E-state index contributed by atoms with van der Waals surface area (Å²) in [6.45, 7) is 2.02. The van der Waals surface area contributed by atoms with Crippen LogP contribution in [0.15, 0.2) is 0 Å². The molecule has 2 unspecified atom stereocenters. The average Bonchev–Trinajstić information content (AvgIpc) is 2.24. The fraction of sp³-hybridized carbons (Fsp3) is 1.00. The van der Waals surface area contributed by atoms with Crippen LogP contribution in [0.3, 0.4) is 0 Å². The average molecular weight is 227 g/mol. The normalized spacial score (nSPS) is 35.6. The predicted molar refractivity (Wildman–Crippen MR) is 64.3 cm³/mol. The summed E-state index contributed by atoms with van der Waals surface area (Å²) >= 11 is 0. The van der Waals surface area contributed by atoms with Crippen molar-refractivity contribution < 1.29 is 10.2 Å². The first-order chi connectivity index (χ1) is 7.75. The van der Waals surface area contributed by atoms with E-state index in [-0.39, 0.29) is 12.2 Å². The second kappa shape index (κ2) is 5.99. The molecule has 2 N–H and O–H groups in total. The number of hydrogen-bond donors (Lipinski definition) is 2. The highest BCUT2D eigenvalue weighted by molar-refractivity contribution is 4.81. The fourth-order valence-electron chi connectivity index (χ4n) is 3.07. The lowest BCUT2D eigenvalue weighted by molar-refractivity contribution is 0.0321. The van der Waals surface area contributed by atoms with E-state index in [0.29, 0.717) is 6.04 Å². The van der Waals surface area contributed by atoms with E-state index in [1.54, 1.807) is 0 Å². The Morgan fingerprint density at radius 2 is 1.44 bits per heavy atom. The minimum Gasteiger partial charge on any atom is -0.393 e. The zero-order valence-electron chi connectivity index (χ0n) is 10.1. The minimum absolute atomic E-state index is 0.0882. The zero-order chi connectivity index (χ0) is 11.4. The lowest BCUT2D eigenvalue weighted by Gasteiger charge is -2.38. The van der Waals surface area contributed by atoms with Crippen LogP contribution in [0, 0.1) is 0 Å². The van der Waals surface area contributed by atoms with Gasteiger partial charge in [-0.1, -0.05) is 19.3 Å². The quantitative estimate of drug-likeness (QED) is 0.714. The fourth-order valence-corrected chi connectivity index (χ4v) is 3.07. The number of aliphatic hydroxyl groups excluding tert-OH is 2. The Morgan fingerprint density at radius 1 is 0.750 bits per heavy atom. The lowest BCUT2D eigenvalue weighted by atomic mass is 9.92. The molecule has 1 heterocycles. The molecule has 0 aromatic heterocycles. The van der Waals surface area contributed by atoms with E-state index in [4.69, 9.17) is 0 Å². The Balaban J connectivity index is 1.85. The van der Waals surface area contributed by atoms with Gasteiger partial charge in [-0.25, -0.2) is 0 Å². The highest BCUT2D eigenvalue weighted by Crippen LogP contribution is 2.24. The van der Waals surface area contributed by atoms with Crippen molar-refractivity contribution in [3.05, 3.63) is 0 Å².